The van der Waals surface area contributed by atoms with Crippen LogP contribution >= 0.6 is 0 Å². The third-order valence-electron chi connectivity index (χ3n) is 3.02. The van der Waals surface area contributed by atoms with Crippen LogP contribution in [-0.2, 0) is 4.74 Å². The van der Waals surface area contributed by atoms with Gasteiger partial charge < -0.3 is 4.74 Å². The Morgan fingerprint density at radius 3 is 2.88 bits per heavy atom. The third kappa shape index (κ3) is 3.57. The molecule has 0 aromatic carbocycles. The van der Waals surface area contributed by atoms with Crippen LogP contribution in [0, 0.1) is 17.8 Å². The lowest BCUT2D eigenvalue weighted by molar-refractivity contribution is 0.0740. The van der Waals surface area contributed by atoms with Gasteiger partial charge in [-0.1, -0.05) is 25.8 Å². The molecule has 2 heterocycles. The SMILES string of the molecule is CC(C)c1ccc(C#CC2CCCOC2)nc1. The second-order valence-corrected chi connectivity index (χ2v) is 4.81. The standard InChI is InChI=1S/C15H19NO/c1-12(2)14-6-8-15(16-10-14)7-5-13-4-3-9-17-11-13/h6,8,10,12-13H,3-4,9,11H2,1-2H3. The van der Waals surface area contributed by atoms with Gasteiger partial charge in [-0.3, -0.25) is 0 Å². The molecule has 17 heavy (non-hydrogen) atoms. The minimum atomic E-state index is 0.385. The maximum atomic E-state index is 5.40. The Morgan fingerprint density at radius 2 is 2.29 bits per heavy atom. The molecular formula is C15H19NO. The van der Waals surface area contributed by atoms with E-state index in [0.717, 1.165) is 31.7 Å². The molecule has 0 N–H and O–H groups in total. The predicted molar refractivity (Wildman–Crippen MR) is 68.7 cm³/mol. The van der Waals surface area contributed by atoms with Gasteiger partial charge in [0.05, 0.1) is 6.61 Å². The minimum absolute atomic E-state index is 0.385. The number of ether oxygens (including phenoxy) is 1. The highest BCUT2D eigenvalue weighted by atomic mass is 16.5. The van der Waals surface area contributed by atoms with E-state index < -0.39 is 0 Å². The predicted octanol–water partition coefficient (Wildman–Crippen LogP) is 2.98. The number of nitrogens with zero attached hydrogens (tertiary/aromatic N) is 1. The van der Waals surface area contributed by atoms with Gasteiger partial charge in [0.15, 0.2) is 0 Å². The third-order valence-corrected chi connectivity index (χ3v) is 3.02. The average molecular weight is 229 g/mol. The molecule has 0 amide bonds. The molecule has 1 aliphatic heterocycles. The number of aromatic nitrogens is 1. The molecule has 2 rings (SSSR count). The summed E-state index contributed by atoms with van der Waals surface area (Å²) in [6, 6.07) is 4.12. The second-order valence-electron chi connectivity index (χ2n) is 4.81. The van der Waals surface area contributed by atoms with E-state index in [2.05, 4.69) is 36.7 Å². The molecule has 2 nitrogen and oxygen atoms in total. The summed E-state index contributed by atoms with van der Waals surface area (Å²) in [6.07, 6.45) is 4.20. The Balaban J connectivity index is 2.00. The molecule has 0 spiro atoms. The first-order valence-electron chi connectivity index (χ1n) is 6.31. The van der Waals surface area contributed by atoms with Crippen LogP contribution in [0.25, 0.3) is 0 Å². The van der Waals surface area contributed by atoms with E-state index in [0.29, 0.717) is 11.8 Å². The summed E-state index contributed by atoms with van der Waals surface area (Å²) in [5, 5.41) is 0. The van der Waals surface area contributed by atoms with Crippen molar-refractivity contribution in [2.24, 2.45) is 5.92 Å². The van der Waals surface area contributed by atoms with Crippen molar-refractivity contribution in [3.63, 3.8) is 0 Å². The first kappa shape index (κ1) is 12.1. The largest absolute Gasteiger partial charge is 0.380 e. The Labute approximate surface area is 103 Å². The van der Waals surface area contributed by atoms with Crippen molar-refractivity contribution < 1.29 is 4.74 Å². The van der Waals surface area contributed by atoms with E-state index in [1.807, 2.05) is 12.3 Å². The number of hydrogen-bond acceptors (Lipinski definition) is 2. The van der Waals surface area contributed by atoms with Gasteiger partial charge in [-0.15, -0.1) is 0 Å². The number of rotatable bonds is 1. The highest BCUT2D eigenvalue weighted by Gasteiger charge is 2.10. The van der Waals surface area contributed by atoms with Crippen LogP contribution in [0.3, 0.4) is 0 Å². The number of hydrogen-bond donors (Lipinski definition) is 0. The van der Waals surface area contributed by atoms with Crippen LogP contribution in [-0.4, -0.2) is 18.2 Å². The summed E-state index contributed by atoms with van der Waals surface area (Å²) in [5.74, 6) is 7.30. The molecular weight excluding hydrogens is 210 g/mol. The lowest BCUT2D eigenvalue weighted by atomic mass is 10.0. The normalized spacial score (nSPS) is 19.8. The van der Waals surface area contributed by atoms with E-state index >= 15 is 0 Å². The first-order chi connectivity index (χ1) is 8.25. The molecule has 0 bridgehead atoms. The molecule has 0 radical (unpaired) electrons. The molecule has 1 fully saturated rings. The first-order valence-corrected chi connectivity index (χ1v) is 6.31. The molecule has 0 aliphatic carbocycles. The second kappa shape index (κ2) is 5.84. The zero-order valence-electron chi connectivity index (χ0n) is 10.6. The van der Waals surface area contributed by atoms with Crippen LogP contribution in [0.4, 0.5) is 0 Å². The van der Waals surface area contributed by atoms with Crippen molar-refractivity contribution in [3.05, 3.63) is 29.6 Å². The Bertz CT molecular complexity index is 405. The van der Waals surface area contributed by atoms with E-state index in [1.54, 1.807) is 0 Å². The maximum Gasteiger partial charge on any atom is 0.113 e. The summed E-state index contributed by atoms with van der Waals surface area (Å²) < 4.78 is 5.40. The number of pyridine rings is 1. The Morgan fingerprint density at radius 1 is 1.41 bits per heavy atom. The molecule has 90 valence electrons. The monoisotopic (exact) mass is 229 g/mol. The van der Waals surface area contributed by atoms with Crippen LogP contribution in [0.1, 0.15) is 43.9 Å². The molecule has 0 saturated carbocycles. The van der Waals surface area contributed by atoms with Crippen LogP contribution in [0.15, 0.2) is 18.3 Å². The zero-order chi connectivity index (χ0) is 12.1. The molecule has 1 aliphatic rings. The molecule has 1 aromatic heterocycles. The van der Waals surface area contributed by atoms with E-state index in [-0.39, 0.29) is 0 Å². The lowest BCUT2D eigenvalue weighted by Gasteiger charge is -2.16. The fourth-order valence-electron chi connectivity index (χ4n) is 1.85. The molecule has 1 atom stereocenters. The fourth-order valence-corrected chi connectivity index (χ4v) is 1.85. The smallest absolute Gasteiger partial charge is 0.113 e. The Kier molecular flexibility index (Phi) is 4.17. The highest BCUT2D eigenvalue weighted by Crippen LogP contribution is 2.14. The fraction of sp³-hybridized carbons (Fsp3) is 0.533. The molecule has 2 heteroatoms. The van der Waals surface area contributed by atoms with E-state index in [4.69, 9.17) is 4.74 Å². The Hall–Kier alpha value is -1.33. The van der Waals surface area contributed by atoms with Crippen molar-refractivity contribution >= 4 is 0 Å². The van der Waals surface area contributed by atoms with Gasteiger partial charge in [0.25, 0.3) is 0 Å². The molecule has 1 aromatic rings. The van der Waals surface area contributed by atoms with Crippen LogP contribution in [0.2, 0.25) is 0 Å². The summed E-state index contributed by atoms with van der Waals surface area (Å²) in [6.45, 7) is 6.00. The van der Waals surface area contributed by atoms with Gasteiger partial charge >= 0.3 is 0 Å². The topological polar surface area (TPSA) is 22.1 Å². The van der Waals surface area contributed by atoms with Gasteiger partial charge in [0.2, 0.25) is 0 Å². The van der Waals surface area contributed by atoms with Crippen LogP contribution in [0.5, 0.6) is 0 Å². The molecule has 1 saturated heterocycles. The highest BCUT2D eigenvalue weighted by molar-refractivity contribution is 5.30. The summed E-state index contributed by atoms with van der Waals surface area (Å²) in [4.78, 5) is 4.37. The van der Waals surface area contributed by atoms with E-state index in [9.17, 15) is 0 Å². The van der Waals surface area contributed by atoms with Gasteiger partial charge in [-0.25, -0.2) is 4.98 Å². The summed E-state index contributed by atoms with van der Waals surface area (Å²) in [7, 11) is 0. The summed E-state index contributed by atoms with van der Waals surface area (Å²) >= 11 is 0. The minimum Gasteiger partial charge on any atom is -0.380 e. The van der Waals surface area contributed by atoms with Crippen LogP contribution < -0.4 is 0 Å². The van der Waals surface area contributed by atoms with Crippen molar-refractivity contribution in [1.29, 1.82) is 0 Å². The van der Waals surface area contributed by atoms with Crippen molar-refractivity contribution in [2.45, 2.75) is 32.6 Å². The van der Waals surface area contributed by atoms with Gasteiger partial charge in [-0.05, 0) is 36.3 Å². The average Bonchev–Trinajstić information content (AvgIpc) is 2.38. The molecule has 1 unspecified atom stereocenters. The van der Waals surface area contributed by atoms with E-state index in [1.165, 1.54) is 5.56 Å². The van der Waals surface area contributed by atoms with Crippen molar-refractivity contribution in [3.8, 4) is 11.8 Å². The van der Waals surface area contributed by atoms with Gasteiger partial charge in [0, 0.05) is 18.7 Å². The maximum absolute atomic E-state index is 5.40. The lowest BCUT2D eigenvalue weighted by Crippen LogP contribution is -2.15. The van der Waals surface area contributed by atoms with Gasteiger partial charge in [-0.2, -0.15) is 0 Å². The zero-order valence-corrected chi connectivity index (χ0v) is 10.6. The van der Waals surface area contributed by atoms with Gasteiger partial charge in [0.1, 0.15) is 5.69 Å². The van der Waals surface area contributed by atoms with Crippen molar-refractivity contribution in [1.82, 2.24) is 4.98 Å². The van der Waals surface area contributed by atoms with Crippen molar-refractivity contribution in [2.75, 3.05) is 13.2 Å². The quantitative estimate of drug-likeness (QED) is 0.691. The summed E-state index contributed by atoms with van der Waals surface area (Å²) in [5.41, 5.74) is 2.12.